The number of sulfone groups is 1. The Morgan fingerprint density at radius 3 is 2.48 bits per heavy atom. The maximum atomic E-state index is 13.7. The molecule has 33 heavy (non-hydrogen) atoms. The van der Waals surface area contributed by atoms with E-state index in [2.05, 4.69) is 20.6 Å². The van der Waals surface area contributed by atoms with Gasteiger partial charge >= 0.3 is 6.03 Å². The smallest absolute Gasteiger partial charge is 0.319 e. The van der Waals surface area contributed by atoms with Crippen LogP contribution in [0.25, 0.3) is 11.0 Å². The van der Waals surface area contributed by atoms with E-state index in [0.717, 1.165) is 5.56 Å². The summed E-state index contributed by atoms with van der Waals surface area (Å²) in [6, 6.07) is 3.45. The third-order valence-corrected chi connectivity index (χ3v) is 7.30. The molecule has 1 aliphatic heterocycles. The first-order valence-corrected chi connectivity index (χ1v) is 12.5. The molecule has 2 aromatic heterocycles. The molecule has 0 radical (unpaired) electrons. The number of furan rings is 1. The molecule has 0 unspecified atom stereocenters. The Balaban J connectivity index is 1.44. The minimum absolute atomic E-state index is 0.00821. The molecule has 9 nitrogen and oxygen atoms in total. The van der Waals surface area contributed by atoms with Crippen molar-refractivity contribution in [1.29, 1.82) is 0 Å². The average molecular weight is 476 g/mol. The lowest BCUT2D eigenvalue weighted by molar-refractivity contribution is 0.241. The fraction of sp³-hybridized carbons (Fsp3) is 0.409. The number of hydrogen-bond donors (Lipinski definition) is 2. The van der Waals surface area contributed by atoms with E-state index in [0.29, 0.717) is 41.5 Å². The Bertz CT molecular complexity index is 1260. The van der Waals surface area contributed by atoms with Crippen LogP contribution in [0.5, 0.6) is 0 Å². The largest absolute Gasteiger partial charge is 0.459 e. The highest BCUT2D eigenvalue weighted by molar-refractivity contribution is 7.91. The van der Waals surface area contributed by atoms with Crippen LogP contribution in [0.1, 0.15) is 31.2 Å². The summed E-state index contributed by atoms with van der Waals surface area (Å²) in [6.07, 6.45) is 2.95. The van der Waals surface area contributed by atoms with E-state index in [1.165, 1.54) is 24.5 Å². The fourth-order valence-corrected chi connectivity index (χ4v) is 5.01. The van der Waals surface area contributed by atoms with Crippen LogP contribution in [-0.2, 0) is 9.84 Å². The van der Waals surface area contributed by atoms with E-state index >= 15 is 0 Å². The van der Waals surface area contributed by atoms with Gasteiger partial charge in [0.25, 0.3) is 0 Å². The molecule has 3 heterocycles. The number of amides is 2. The van der Waals surface area contributed by atoms with E-state index in [1.807, 2.05) is 20.8 Å². The Labute approximate surface area is 191 Å². The molecule has 1 aromatic carbocycles. The number of rotatable bonds is 5. The van der Waals surface area contributed by atoms with Crippen LogP contribution in [0.15, 0.2) is 35.0 Å². The molecule has 2 N–H and O–H groups in total. The van der Waals surface area contributed by atoms with E-state index in [4.69, 9.17) is 4.42 Å². The molecule has 0 bridgehead atoms. The fourth-order valence-electron chi connectivity index (χ4n) is 3.81. The molecule has 0 aliphatic carbocycles. The first kappa shape index (κ1) is 23.0. The van der Waals surface area contributed by atoms with Gasteiger partial charge in [0, 0.05) is 24.0 Å². The molecular formula is C22H26FN5O4S. The molecular weight excluding hydrogens is 449 g/mol. The number of carbonyl (C=O) groups is 1. The highest BCUT2D eigenvalue weighted by Crippen LogP contribution is 2.33. The van der Waals surface area contributed by atoms with Crippen molar-refractivity contribution in [1.82, 2.24) is 15.3 Å². The Hall–Kier alpha value is -3.21. The third-order valence-electron chi connectivity index (χ3n) is 5.69. The highest BCUT2D eigenvalue weighted by Gasteiger charge is 2.26. The summed E-state index contributed by atoms with van der Waals surface area (Å²) in [6.45, 7) is 6.43. The molecule has 0 saturated carbocycles. The summed E-state index contributed by atoms with van der Waals surface area (Å²) in [5.41, 5.74) is 1.73. The van der Waals surface area contributed by atoms with Gasteiger partial charge in [0.05, 0.1) is 35.6 Å². The van der Waals surface area contributed by atoms with Gasteiger partial charge in [0.2, 0.25) is 5.95 Å². The van der Waals surface area contributed by atoms with Gasteiger partial charge in [0.15, 0.2) is 9.84 Å². The van der Waals surface area contributed by atoms with Crippen LogP contribution in [0, 0.1) is 18.7 Å². The number of fused-ring (bicyclic) bond motifs is 1. The quantitative estimate of drug-likeness (QED) is 0.581. The van der Waals surface area contributed by atoms with Crippen LogP contribution in [0.4, 0.5) is 20.8 Å². The molecule has 1 saturated heterocycles. The first-order valence-electron chi connectivity index (χ1n) is 10.7. The predicted octanol–water partition coefficient (Wildman–Crippen LogP) is 3.42. The lowest BCUT2D eigenvalue weighted by Gasteiger charge is -2.26. The van der Waals surface area contributed by atoms with Gasteiger partial charge in [-0.1, -0.05) is 13.8 Å². The van der Waals surface area contributed by atoms with Gasteiger partial charge in [0.1, 0.15) is 17.2 Å². The number of benzene rings is 1. The van der Waals surface area contributed by atoms with E-state index in [1.54, 1.807) is 11.0 Å². The van der Waals surface area contributed by atoms with Crippen molar-refractivity contribution in [2.24, 2.45) is 5.92 Å². The number of aromatic nitrogens is 2. The zero-order valence-electron chi connectivity index (χ0n) is 18.6. The Kier molecular flexibility index (Phi) is 6.24. The summed E-state index contributed by atoms with van der Waals surface area (Å²) >= 11 is 0. The topological polar surface area (TPSA) is 117 Å². The van der Waals surface area contributed by atoms with Crippen molar-refractivity contribution in [3.63, 3.8) is 0 Å². The van der Waals surface area contributed by atoms with Gasteiger partial charge in [-0.3, -0.25) is 0 Å². The van der Waals surface area contributed by atoms with Crippen molar-refractivity contribution < 1.29 is 22.0 Å². The van der Waals surface area contributed by atoms with Gasteiger partial charge in [-0.05, 0) is 31.0 Å². The number of urea groups is 1. The van der Waals surface area contributed by atoms with E-state index < -0.39 is 21.9 Å². The van der Waals surface area contributed by atoms with Crippen molar-refractivity contribution in [2.45, 2.75) is 26.8 Å². The maximum absolute atomic E-state index is 13.7. The molecule has 0 spiro atoms. The molecule has 1 atom stereocenters. The van der Waals surface area contributed by atoms with E-state index in [9.17, 15) is 17.6 Å². The molecule has 176 valence electrons. The van der Waals surface area contributed by atoms with Gasteiger partial charge in [-0.2, -0.15) is 0 Å². The standard InChI is InChI=1S/C22H26FN5O4S/c1-13(2)19(20-14(3)17-10-15(23)4-5-18(17)32-20)27-22(29)26-16-11-24-21(25-12-16)28-6-8-33(30,31)9-7-28/h4-5,10-13,19H,6-9H2,1-3H3,(H2,26,27,29)/t19-/m0/s1. The number of carbonyl (C=O) groups excluding carboxylic acids is 1. The molecule has 1 fully saturated rings. The number of aryl methyl sites for hydroxylation is 1. The van der Waals surface area contributed by atoms with Crippen molar-refractivity contribution >= 4 is 38.5 Å². The summed E-state index contributed by atoms with van der Waals surface area (Å²) < 4.78 is 42.8. The van der Waals surface area contributed by atoms with Crippen LogP contribution in [0.3, 0.4) is 0 Å². The molecule has 4 rings (SSSR count). The Morgan fingerprint density at radius 1 is 1.18 bits per heavy atom. The van der Waals surface area contributed by atoms with Gasteiger partial charge in [-0.15, -0.1) is 0 Å². The normalized spacial score (nSPS) is 16.7. The molecule has 3 aromatic rings. The summed E-state index contributed by atoms with van der Waals surface area (Å²) in [5.74, 6) is 0.800. The predicted molar refractivity (Wildman–Crippen MR) is 124 cm³/mol. The Morgan fingerprint density at radius 2 is 1.85 bits per heavy atom. The van der Waals surface area contributed by atoms with Gasteiger partial charge < -0.3 is 20.0 Å². The summed E-state index contributed by atoms with van der Waals surface area (Å²) in [5, 5.41) is 6.30. The van der Waals surface area contributed by atoms with Crippen LogP contribution in [-0.4, -0.2) is 49.0 Å². The second-order valence-corrected chi connectivity index (χ2v) is 10.8. The zero-order valence-corrected chi connectivity index (χ0v) is 19.4. The highest BCUT2D eigenvalue weighted by atomic mass is 32.2. The van der Waals surface area contributed by atoms with Crippen LogP contribution >= 0.6 is 0 Å². The lowest BCUT2D eigenvalue weighted by Crippen LogP contribution is -2.41. The minimum atomic E-state index is -2.99. The number of anilines is 2. The van der Waals surface area contributed by atoms with Crippen LogP contribution in [0.2, 0.25) is 0 Å². The monoisotopic (exact) mass is 475 g/mol. The van der Waals surface area contributed by atoms with Crippen molar-refractivity contribution in [3.8, 4) is 0 Å². The SMILES string of the molecule is Cc1c([C@@H](NC(=O)Nc2cnc(N3CCS(=O)(=O)CC3)nc2)C(C)C)oc2ccc(F)cc12. The number of halogens is 1. The van der Waals surface area contributed by atoms with Gasteiger partial charge in [-0.25, -0.2) is 27.6 Å². The minimum Gasteiger partial charge on any atom is -0.459 e. The summed E-state index contributed by atoms with van der Waals surface area (Å²) in [7, 11) is -2.99. The second kappa shape index (κ2) is 8.97. The van der Waals surface area contributed by atoms with Crippen molar-refractivity contribution in [3.05, 3.63) is 47.7 Å². The average Bonchev–Trinajstić information content (AvgIpc) is 3.08. The first-order chi connectivity index (χ1) is 15.6. The maximum Gasteiger partial charge on any atom is 0.319 e. The van der Waals surface area contributed by atoms with Crippen molar-refractivity contribution in [2.75, 3.05) is 34.8 Å². The zero-order chi connectivity index (χ0) is 23.8. The number of nitrogens with one attached hydrogen (secondary N) is 2. The molecule has 11 heteroatoms. The number of nitrogens with zero attached hydrogens (tertiary/aromatic N) is 3. The number of hydrogen-bond acceptors (Lipinski definition) is 7. The lowest BCUT2D eigenvalue weighted by atomic mass is 9.98. The van der Waals surface area contributed by atoms with E-state index in [-0.39, 0.29) is 23.2 Å². The molecule has 1 aliphatic rings. The molecule has 2 amide bonds. The second-order valence-electron chi connectivity index (χ2n) is 8.46. The van der Waals surface area contributed by atoms with Crippen LogP contribution < -0.4 is 15.5 Å². The summed E-state index contributed by atoms with van der Waals surface area (Å²) in [4.78, 5) is 23.0. The third kappa shape index (κ3) is 5.08.